The predicted octanol–water partition coefficient (Wildman–Crippen LogP) is 2.51. The molecule has 2 aromatic rings. The van der Waals surface area contributed by atoms with Gasteiger partial charge in [-0.1, -0.05) is 24.3 Å². The number of amides is 3. The minimum atomic E-state index is -0.426. The molecular weight excluding hydrogens is 332 g/mol. The highest BCUT2D eigenvalue weighted by atomic mass is 16.5. The molecule has 0 fully saturated rings. The highest BCUT2D eigenvalue weighted by Crippen LogP contribution is 2.24. The Morgan fingerprint density at radius 3 is 2.08 bits per heavy atom. The van der Waals surface area contributed by atoms with Crippen molar-refractivity contribution < 1.29 is 19.1 Å². The van der Waals surface area contributed by atoms with E-state index in [4.69, 9.17) is 4.74 Å². The number of carbonyl (C=O) groups excluding carboxylic acids is 3. The van der Waals surface area contributed by atoms with E-state index in [1.165, 1.54) is 4.90 Å². The summed E-state index contributed by atoms with van der Waals surface area (Å²) in [6, 6.07) is 13.8. The first kappa shape index (κ1) is 17.7. The van der Waals surface area contributed by atoms with Gasteiger partial charge in [-0.3, -0.25) is 19.3 Å². The molecule has 0 radical (unpaired) electrons. The number of carbonyl (C=O) groups is 3. The zero-order chi connectivity index (χ0) is 18.8. The van der Waals surface area contributed by atoms with Gasteiger partial charge in [0.25, 0.3) is 11.8 Å². The lowest BCUT2D eigenvalue weighted by molar-refractivity contribution is -0.132. The molecule has 134 valence electrons. The molecule has 0 N–H and O–H groups in total. The van der Waals surface area contributed by atoms with Crippen LogP contribution in [0.3, 0.4) is 0 Å². The van der Waals surface area contributed by atoms with Crippen molar-refractivity contribution in [2.24, 2.45) is 0 Å². The van der Waals surface area contributed by atoms with Crippen molar-refractivity contribution in [2.75, 3.05) is 20.7 Å². The summed E-state index contributed by atoms with van der Waals surface area (Å²) in [5.41, 5.74) is 1.62. The van der Waals surface area contributed by atoms with E-state index >= 15 is 0 Å². The van der Waals surface area contributed by atoms with E-state index in [1.54, 1.807) is 38.4 Å². The average Bonchev–Trinajstić information content (AvgIpc) is 2.92. The zero-order valence-corrected chi connectivity index (χ0v) is 14.9. The molecule has 0 saturated carbocycles. The first-order valence-electron chi connectivity index (χ1n) is 8.29. The monoisotopic (exact) mass is 352 g/mol. The van der Waals surface area contributed by atoms with Crippen LogP contribution < -0.4 is 4.74 Å². The summed E-state index contributed by atoms with van der Waals surface area (Å²) in [7, 11) is 3.26. The fourth-order valence-electron chi connectivity index (χ4n) is 2.95. The number of imide groups is 1. The summed E-state index contributed by atoms with van der Waals surface area (Å²) >= 11 is 0. The van der Waals surface area contributed by atoms with Crippen molar-refractivity contribution in [2.45, 2.75) is 13.0 Å². The summed E-state index contributed by atoms with van der Waals surface area (Å²) in [5, 5.41) is 0. The summed E-state index contributed by atoms with van der Waals surface area (Å²) in [4.78, 5) is 40.0. The van der Waals surface area contributed by atoms with E-state index in [1.807, 2.05) is 31.2 Å². The second kappa shape index (κ2) is 7.00. The van der Waals surface area contributed by atoms with Crippen molar-refractivity contribution in [3.8, 4) is 5.75 Å². The van der Waals surface area contributed by atoms with Gasteiger partial charge in [0.15, 0.2) is 0 Å². The minimum absolute atomic E-state index is 0.205. The van der Waals surface area contributed by atoms with Crippen LogP contribution in [-0.4, -0.2) is 48.2 Å². The quantitative estimate of drug-likeness (QED) is 0.776. The van der Waals surface area contributed by atoms with Crippen LogP contribution in [0.5, 0.6) is 5.75 Å². The summed E-state index contributed by atoms with van der Waals surface area (Å²) in [6.45, 7) is 1.62. The molecule has 26 heavy (non-hydrogen) atoms. The van der Waals surface area contributed by atoms with Crippen molar-refractivity contribution >= 4 is 17.7 Å². The maximum absolute atomic E-state index is 12.6. The van der Waals surface area contributed by atoms with Crippen molar-refractivity contribution in [3.63, 3.8) is 0 Å². The molecule has 0 saturated heterocycles. The van der Waals surface area contributed by atoms with Crippen molar-refractivity contribution in [1.29, 1.82) is 0 Å². The molecule has 3 amide bonds. The van der Waals surface area contributed by atoms with Gasteiger partial charge in [-0.05, 0) is 36.8 Å². The van der Waals surface area contributed by atoms with Gasteiger partial charge >= 0.3 is 0 Å². The maximum Gasteiger partial charge on any atom is 0.262 e. The van der Waals surface area contributed by atoms with E-state index in [9.17, 15) is 14.4 Å². The van der Waals surface area contributed by atoms with Gasteiger partial charge < -0.3 is 9.64 Å². The highest BCUT2D eigenvalue weighted by Gasteiger charge is 2.37. The molecule has 0 aromatic heterocycles. The Morgan fingerprint density at radius 1 is 1.04 bits per heavy atom. The van der Waals surface area contributed by atoms with Crippen molar-refractivity contribution in [3.05, 3.63) is 65.2 Å². The molecule has 0 bridgehead atoms. The lowest BCUT2D eigenvalue weighted by Gasteiger charge is -2.27. The molecule has 1 heterocycles. The normalized spacial score (nSPS) is 14.2. The molecule has 2 aromatic carbocycles. The zero-order valence-electron chi connectivity index (χ0n) is 14.9. The number of ether oxygens (including phenoxy) is 1. The van der Waals surface area contributed by atoms with Gasteiger partial charge in [-0.25, -0.2) is 0 Å². The van der Waals surface area contributed by atoms with E-state index in [0.717, 1.165) is 16.2 Å². The fourth-order valence-corrected chi connectivity index (χ4v) is 2.95. The predicted molar refractivity (Wildman–Crippen MR) is 96.0 cm³/mol. The summed E-state index contributed by atoms with van der Waals surface area (Å²) in [6.07, 6.45) is 0. The van der Waals surface area contributed by atoms with Crippen LogP contribution in [0.15, 0.2) is 48.5 Å². The second-order valence-electron chi connectivity index (χ2n) is 6.20. The molecule has 0 aliphatic carbocycles. The van der Waals surface area contributed by atoms with E-state index in [2.05, 4.69) is 0 Å². The van der Waals surface area contributed by atoms with Crippen LogP contribution in [0.4, 0.5) is 0 Å². The van der Waals surface area contributed by atoms with E-state index < -0.39 is 11.8 Å². The Kier molecular flexibility index (Phi) is 4.75. The number of methoxy groups -OCH3 is 1. The molecular formula is C20H20N2O4. The number of rotatable bonds is 5. The Labute approximate surface area is 152 Å². The molecule has 1 aliphatic rings. The second-order valence-corrected chi connectivity index (χ2v) is 6.20. The number of nitrogens with zero attached hydrogens (tertiary/aromatic N) is 2. The third-order valence-corrected chi connectivity index (χ3v) is 4.74. The average molecular weight is 352 g/mol. The Bertz CT molecular complexity index is 825. The molecule has 1 unspecified atom stereocenters. The first-order valence-corrected chi connectivity index (χ1v) is 8.29. The number of fused-ring (bicyclic) bond motifs is 1. The molecule has 6 nitrogen and oxygen atoms in total. The number of likely N-dealkylation sites (N-methyl/N-ethyl adjacent to an activating group) is 1. The molecule has 0 spiro atoms. The minimum Gasteiger partial charge on any atom is -0.497 e. The Balaban J connectivity index is 1.71. The van der Waals surface area contributed by atoms with Crippen LogP contribution in [0, 0.1) is 0 Å². The van der Waals surface area contributed by atoms with Gasteiger partial charge in [0.05, 0.1) is 24.3 Å². The van der Waals surface area contributed by atoms with Gasteiger partial charge in [-0.2, -0.15) is 0 Å². The van der Waals surface area contributed by atoms with Crippen LogP contribution in [0.1, 0.15) is 39.2 Å². The molecule has 1 atom stereocenters. The topological polar surface area (TPSA) is 66.9 Å². The van der Waals surface area contributed by atoms with Gasteiger partial charge in [0, 0.05) is 7.05 Å². The highest BCUT2D eigenvalue weighted by molar-refractivity contribution is 6.22. The largest absolute Gasteiger partial charge is 0.497 e. The third-order valence-electron chi connectivity index (χ3n) is 4.74. The standard InChI is InChI=1S/C20H20N2O4/c1-13(14-8-10-15(26-3)11-9-14)21(2)18(23)12-22-19(24)16-6-4-5-7-17(16)20(22)25/h4-11,13H,12H2,1-3H3. The summed E-state index contributed by atoms with van der Waals surface area (Å²) in [5.74, 6) is -0.419. The lowest BCUT2D eigenvalue weighted by atomic mass is 10.1. The van der Waals surface area contributed by atoms with Gasteiger partial charge in [-0.15, -0.1) is 0 Å². The van der Waals surface area contributed by atoms with E-state index in [0.29, 0.717) is 11.1 Å². The van der Waals surface area contributed by atoms with Crippen LogP contribution in [-0.2, 0) is 4.79 Å². The summed E-state index contributed by atoms with van der Waals surface area (Å²) < 4.78 is 5.14. The van der Waals surface area contributed by atoms with Crippen LogP contribution >= 0.6 is 0 Å². The lowest BCUT2D eigenvalue weighted by Crippen LogP contribution is -2.42. The SMILES string of the molecule is COc1ccc(C(C)N(C)C(=O)CN2C(=O)c3ccccc3C2=O)cc1. The van der Waals surface area contributed by atoms with E-state index in [-0.39, 0.29) is 18.5 Å². The molecule has 1 aliphatic heterocycles. The first-order chi connectivity index (χ1) is 12.4. The fraction of sp³-hybridized carbons (Fsp3) is 0.250. The van der Waals surface area contributed by atoms with Crippen molar-refractivity contribution in [1.82, 2.24) is 9.80 Å². The van der Waals surface area contributed by atoms with Crippen LogP contribution in [0.25, 0.3) is 0 Å². The maximum atomic E-state index is 12.6. The Hall–Kier alpha value is -3.15. The molecule has 3 rings (SSSR count). The number of hydrogen-bond donors (Lipinski definition) is 0. The number of benzene rings is 2. The molecule has 6 heteroatoms. The third kappa shape index (κ3) is 3.06. The number of hydrogen-bond acceptors (Lipinski definition) is 4. The Morgan fingerprint density at radius 2 is 1.58 bits per heavy atom. The smallest absolute Gasteiger partial charge is 0.262 e. The van der Waals surface area contributed by atoms with Crippen LogP contribution in [0.2, 0.25) is 0 Å². The van der Waals surface area contributed by atoms with Gasteiger partial charge in [0.2, 0.25) is 5.91 Å². The van der Waals surface area contributed by atoms with Gasteiger partial charge in [0.1, 0.15) is 12.3 Å².